The first-order valence-electron chi connectivity index (χ1n) is 8.91. The molecule has 0 saturated heterocycles. The molecule has 0 aliphatic rings. The van der Waals surface area contributed by atoms with Crippen molar-refractivity contribution in [3.05, 3.63) is 65.7 Å². The summed E-state index contributed by atoms with van der Waals surface area (Å²) in [5.74, 6) is -0.507. The summed E-state index contributed by atoms with van der Waals surface area (Å²) in [5, 5.41) is 4.49. The highest BCUT2D eigenvalue weighted by molar-refractivity contribution is 7.93. The predicted octanol–water partition coefficient (Wildman–Crippen LogP) is 4.21. The van der Waals surface area contributed by atoms with E-state index in [9.17, 15) is 22.0 Å². The van der Waals surface area contributed by atoms with Crippen LogP contribution in [0.4, 0.5) is 19.6 Å². The molecule has 168 valence electrons. The summed E-state index contributed by atoms with van der Waals surface area (Å²) in [5.41, 5.74) is 0.902. The third-order valence-electron chi connectivity index (χ3n) is 3.92. The van der Waals surface area contributed by atoms with Gasteiger partial charge in [-0.15, -0.1) is 11.3 Å². The first-order valence-corrected chi connectivity index (χ1v) is 11.3. The number of amides is 1. The maximum absolute atomic E-state index is 12.4. The number of nitrogens with one attached hydrogen (secondary N) is 2. The minimum atomic E-state index is -3.79. The van der Waals surface area contributed by atoms with Crippen molar-refractivity contribution < 1.29 is 31.5 Å². The highest BCUT2D eigenvalue weighted by Crippen LogP contribution is 2.30. The fourth-order valence-electron chi connectivity index (χ4n) is 2.50. The van der Waals surface area contributed by atoms with Gasteiger partial charge in [0.15, 0.2) is 16.6 Å². The fourth-order valence-corrected chi connectivity index (χ4v) is 4.29. The van der Waals surface area contributed by atoms with Crippen LogP contribution in [0.3, 0.4) is 0 Å². The molecule has 0 spiro atoms. The number of alkyl halides is 2. The SMILES string of the molecule is COc1cc(C=CC(=O)Nc2ccc(S(=O)(=O)Nc3nccs3)cc2)ccc1OC(F)F. The molecular weight excluding hydrogens is 464 g/mol. The molecule has 1 aromatic heterocycles. The topological polar surface area (TPSA) is 107 Å². The largest absolute Gasteiger partial charge is 0.493 e. The third-order valence-corrected chi connectivity index (χ3v) is 6.09. The van der Waals surface area contributed by atoms with Crippen LogP contribution in [-0.2, 0) is 14.8 Å². The molecular formula is C20H17F2N3O5S2. The zero-order chi connectivity index (χ0) is 23.1. The van der Waals surface area contributed by atoms with Crippen LogP contribution in [-0.4, -0.2) is 33.0 Å². The molecule has 0 unspecified atom stereocenters. The van der Waals surface area contributed by atoms with Gasteiger partial charge in [0.05, 0.1) is 12.0 Å². The molecule has 3 aromatic rings. The highest BCUT2D eigenvalue weighted by Gasteiger charge is 2.15. The number of thiazole rings is 1. The van der Waals surface area contributed by atoms with Crippen LogP contribution in [0.15, 0.2) is 65.0 Å². The van der Waals surface area contributed by atoms with Crippen LogP contribution in [0.5, 0.6) is 11.5 Å². The number of sulfonamides is 1. The lowest BCUT2D eigenvalue weighted by Gasteiger charge is -2.10. The number of carbonyl (C=O) groups is 1. The van der Waals surface area contributed by atoms with Crippen molar-refractivity contribution in [2.24, 2.45) is 0 Å². The minimum absolute atomic E-state index is 0.0134. The quantitative estimate of drug-likeness (QED) is 0.444. The number of halogens is 2. The molecule has 0 saturated carbocycles. The van der Waals surface area contributed by atoms with Gasteiger partial charge in [-0.3, -0.25) is 9.52 Å². The van der Waals surface area contributed by atoms with Crippen LogP contribution in [0.2, 0.25) is 0 Å². The highest BCUT2D eigenvalue weighted by atomic mass is 32.2. The molecule has 1 amide bonds. The third kappa shape index (κ3) is 6.25. The Balaban J connectivity index is 1.63. The van der Waals surface area contributed by atoms with Crippen molar-refractivity contribution in [3.63, 3.8) is 0 Å². The second kappa shape index (κ2) is 10.2. The fraction of sp³-hybridized carbons (Fsp3) is 0.100. The van der Waals surface area contributed by atoms with Gasteiger partial charge in [0.25, 0.3) is 10.0 Å². The van der Waals surface area contributed by atoms with Gasteiger partial charge in [-0.2, -0.15) is 8.78 Å². The lowest BCUT2D eigenvalue weighted by molar-refractivity contribution is -0.111. The molecule has 3 rings (SSSR count). The Morgan fingerprint density at radius 3 is 2.53 bits per heavy atom. The molecule has 0 aliphatic heterocycles. The van der Waals surface area contributed by atoms with Crippen molar-refractivity contribution in [3.8, 4) is 11.5 Å². The van der Waals surface area contributed by atoms with Gasteiger partial charge in [-0.1, -0.05) is 6.07 Å². The number of benzene rings is 2. The van der Waals surface area contributed by atoms with Crippen LogP contribution in [0.25, 0.3) is 6.08 Å². The number of hydrogen-bond donors (Lipinski definition) is 2. The summed E-state index contributed by atoms with van der Waals surface area (Å²) >= 11 is 1.15. The number of anilines is 2. The summed E-state index contributed by atoms with van der Waals surface area (Å²) in [6.07, 6.45) is 4.17. The molecule has 1 heterocycles. The van der Waals surface area contributed by atoms with E-state index in [1.54, 1.807) is 5.38 Å². The Hall–Kier alpha value is -3.51. The van der Waals surface area contributed by atoms with Crippen molar-refractivity contribution in [2.45, 2.75) is 11.5 Å². The maximum atomic E-state index is 12.4. The van der Waals surface area contributed by atoms with E-state index < -0.39 is 22.5 Å². The minimum Gasteiger partial charge on any atom is -0.493 e. The Bertz CT molecular complexity index is 1200. The lowest BCUT2D eigenvalue weighted by Crippen LogP contribution is -2.13. The first kappa shape index (κ1) is 23.2. The standard InChI is InChI=1S/C20H17F2N3O5S2/c1-29-17-12-13(2-8-16(17)30-19(21)22)3-9-18(26)24-14-4-6-15(7-5-14)32(27,28)25-20-23-10-11-31-20/h2-12,19H,1H3,(H,23,25)(H,24,26). The summed E-state index contributed by atoms with van der Waals surface area (Å²) in [4.78, 5) is 16.0. The number of ether oxygens (including phenoxy) is 2. The van der Waals surface area contributed by atoms with Gasteiger partial charge in [0.1, 0.15) is 0 Å². The average Bonchev–Trinajstić information content (AvgIpc) is 3.25. The van der Waals surface area contributed by atoms with Crippen molar-refractivity contribution in [2.75, 3.05) is 17.1 Å². The van der Waals surface area contributed by atoms with Crippen LogP contribution >= 0.6 is 11.3 Å². The molecule has 12 heteroatoms. The number of rotatable bonds is 9. The van der Waals surface area contributed by atoms with Crippen molar-refractivity contribution >= 4 is 44.2 Å². The second-order valence-electron chi connectivity index (χ2n) is 6.08. The Kier molecular flexibility index (Phi) is 7.38. The molecule has 0 atom stereocenters. The molecule has 0 bridgehead atoms. The Labute approximate surface area is 186 Å². The Morgan fingerprint density at radius 2 is 1.91 bits per heavy atom. The van der Waals surface area contributed by atoms with E-state index >= 15 is 0 Å². The van der Waals surface area contributed by atoms with E-state index in [2.05, 4.69) is 19.8 Å². The van der Waals surface area contributed by atoms with Gasteiger partial charge in [0, 0.05) is 23.3 Å². The van der Waals surface area contributed by atoms with Gasteiger partial charge >= 0.3 is 6.61 Å². The zero-order valence-electron chi connectivity index (χ0n) is 16.5. The first-order chi connectivity index (χ1) is 15.3. The monoisotopic (exact) mass is 481 g/mol. The lowest BCUT2D eigenvalue weighted by atomic mass is 10.2. The normalized spacial score (nSPS) is 11.5. The van der Waals surface area contributed by atoms with Crippen LogP contribution in [0.1, 0.15) is 5.56 Å². The summed E-state index contributed by atoms with van der Waals surface area (Å²) in [6.45, 7) is -2.99. The number of carbonyl (C=O) groups excluding carboxylic acids is 1. The van der Waals surface area contributed by atoms with E-state index in [4.69, 9.17) is 4.74 Å². The van der Waals surface area contributed by atoms with Crippen molar-refractivity contribution in [1.82, 2.24) is 4.98 Å². The van der Waals surface area contributed by atoms with E-state index in [-0.39, 0.29) is 21.5 Å². The predicted molar refractivity (Wildman–Crippen MR) is 117 cm³/mol. The van der Waals surface area contributed by atoms with Crippen LogP contribution < -0.4 is 19.5 Å². The zero-order valence-corrected chi connectivity index (χ0v) is 18.1. The maximum Gasteiger partial charge on any atom is 0.387 e. The van der Waals surface area contributed by atoms with E-state index in [1.807, 2.05) is 0 Å². The molecule has 0 radical (unpaired) electrons. The smallest absolute Gasteiger partial charge is 0.387 e. The van der Waals surface area contributed by atoms with Gasteiger partial charge in [-0.05, 0) is 48.0 Å². The van der Waals surface area contributed by atoms with Gasteiger partial charge < -0.3 is 14.8 Å². The summed E-state index contributed by atoms with van der Waals surface area (Å²) in [7, 11) is -2.48. The Morgan fingerprint density at radius 1 is 1.16 bits per heavy atom. The van der Waals surface area contributed by atoms with Crippen molar-refractivity contribution in [1.29, 1.82) is 0 Å². The molecule has 8 nitrogen and oxygen atoms in total. The number of methoxy groups -OCH3 is 1. The number of aromatic nitrogens is 1. The van der Waals surface area contributed by atoms with Crippen LogP contribution in [0, 0.1) is 0 Å². The van der Waals surface area contributed by atoms with E-state index in [0.717, 1.165) is 11.3 Å². The molecule has 2 N–H and O–H groups in total. The molecule has 0 aliphatic carbocycles. The molecule has 0 fully saturated rings. The molecule has 32 heavy (non-hydrogen) atoms. The van der Waals surface area contributed by atoms with Gasteiger partial charge in [0.2, 0.25) is 5.91 Å². The number of hydrogen-bond acceptors (Lipinski definition) is 7. The number of nitrogens with zero attached hydrogens (tertiary/aromatic N) is 1. The van der Waals surface area contributed by atoms with Gasteiger partial charge in [-0.25, -0.2) is 13.4 Å². The molecule has 2 aromatic carbocycles. The summed E-state index contributed by atoms with van der Waals surface area (Å²) in [6, 6.07) is 9.82. The van der Waals surface area contributed by atoms with E-state index in [0.29, 0.717) is 11.3 Å². The average molecular weight is 482 g/mol. The van der Waals surface area contributed by atoms with E-state index in [1.165, 1.54) is 67.9 Å². The second-order valence-corrected chi connectivity index (χ2v) is 8.66. The summed E-state index contributed by atoms with van der Waals surface area (Å²) < 4.78 is 61.1.